The summed E-state index contributed by atoms with van der Waals surface area (Å²) in [7, 11) is 0. The molecule has 1 N–H and O–H groups in total. The van der Waals surface area contributed by atoms with Crippen molar-refractivity contribution < 1.29 is 4.74 Å². The van der Waals surface area contributed by atoms with Gasteiger partial charge in [-0.15, -0.1) is 11.3 Å². The van der Waals surface area contributed by atoms with E-state index in [4.69, 9.17) is 4.74 Å². The van der Waals surface area contributed by atoms with E-state index in [-0.39, 0.29) is 5.54 Å². The minimum absolute atomic E-state index is 0.181. The highest BCUT2D eigenvalue weighted by atomic mass is 32.1. The Morgan fingerprint density at radius 1 is 1.30 bits per heavy atom. The quantitative estimate of drug-likeness (QED) is 0.923. The third kappa shape index (κ3) is 5.17. The van der Waals surface area contributed by atoms with Gasteiger partial charge in [0.15, 0.2) is 0 Å². The van der Waals surface area contributed by atoms with Gasteiger partial charge in [-0.25, -0.2) is 0 Å². The minimum atomic E-state index is 0.181. The third-order valence-corrected chi connectivity index (χ3v) is 4.67. The van der Waals surface area contributed by atoms with Crippen LogP contribution in [0.3, 0.4) is 0 Å². The fourth-order valence-corrected chi connectivity index (χ4v) is 3.37. The first-order valence-corrected chi connectivity index (χ1v) is 8.39. The van der Waals surface area contributed by atoms with Crippen LogP contribution in [0, 0.1) is 6.92 Å². The molecule has 2 heterocycles. The molecule has 1 aliphatic heterocycles. The first kappa shape index (κ1) is 16.0. The van der Waals surface area contributed by atoms with Gasteiger partial charge in [0.25, 0.3) is 0 Å². The topological polar surface area (TPSA) is 24.5 Å². The van der Waals surface area contributed by atoms with Crippen molar-refractivity contribution in [2.45, 2.75) is 52.7 Å². The molecule has 114 valence electrons. The summed E-state index contributed by atoms with van der Waals surface area (Å²) in [6, 6.07) is 2.38. The smallest absolute Gasteiger partial charge is 0.0593 e. The van der Waals surface area contributed by atoms with Gasteiger partial charge in [-0.05, 0) is 45.7 Å². The van der Waals surface area contributed by atoms with Crippen molar-refractivity contribution in [2.24, 2.45) is 0 Å². The van der Waals surface area contributed by atoms with E-state index in [9.17, 15) is 0 Å². The van der Waals surface area contributed by atoms with Crippen LogP contribution >= 0.6 is 11.3 Å². The van der Waals surface area contributed by atoms with E-state index in [1.807, 2.05) is 11.3 Å². The first-order chi connectivity index (χ1) is 9.44. The second-order valence-electron chi connectivity index (χ2n) is 6.64. The Labute approximate surface area is 127 Å². The Morgan fingerprint density at radius 2 is 2.10 bits per heavy atom. The van der Waals surface area contributed by atoms with E-state index >= 15 is 0 Å². The van der Waals surface area contributed by atoms with Crippen LogP contribution in [0.1, 0.15) is 42.5 Å². The maximum atomic E-state index is 5.52. The van der Waals surface area contributed by atoms with Gasteiger partial charge in [0.2, 0.25) is 0 Å². The van der Waals surface area contributed by atoms with Crippen molar-refractivity contribution >= 4 is 11.3 Å². The molecule has 2 rings (SSSR count). The van der Waals surface area contributed by atoms with Gasteiger partial charge >= 0.3 is 0 Å². The van der Waals surface area contributed by atoms with Crippen molar-refractivity contribution in [3.8, 4) is 0 Å². The average Bonchev–Trinajstić information content (AvgIpc) is 2.57. The molecule has 0 bridgehead atoms. The van der Waals surface area contributed by atoms with Gasteiger partial charge < -0.3 is 10.1 Å². The molecule has 20 heavy (non-hydrogen) atoms. The van der Waals surface area contributed by atoms with Crippen LogP contribution in [-0.2, 0) is 17.8 Å². The summed E-state index contributed by atoms with van der Waals surface area (Å²) >= 11 is 1.93. The number of nitrogens with one attached hydrogen (secondary N) is 1. The molecule has 0 radical (unpaired) electrons. The summed E-state index contributed by atoms with van der Waals surface area (Å²) in [6.07, 6.45) is 1.15. The number of hydrogen-bond acceptors (Lipinski definition) is 4. The van der Waals surface area contributed by atoms with Gasteiger partial charge in [0, 0.05) is 48.1 Å². The molecule has 1 aromatic heterocycles. The van der Waals surface area contributed by atoms with Crippen LogP contribution < -0.4 is 5.32 Å². The molecule has 0 amide bonds. The van der Waals surface area contributed by atoms with Gasteiger partial charge in [0.05, 0.1) is 6.61 Å². The molecular formula is C16H28N2OS. The molecule has 0 atom stereocenters. The maximum absolute atomic E-state index is 5.52. The lowest BCUT2D eigenvalue weighted by Gasteiger charge is -2.20. The van der Waals surface area contributed by atoms with E-state index < -0.39 is 0 Å². The summed E-state index contributed by atoms with van der Waals surface area (Å²) in [5.41, 5.74) is 1.67. The van der Waals surface area contributed by atoms with Crippen LogP contribution in [0.4, 0.5) is 0 Å². The van der Waals surface area contributed by atoms with E-state index in [0.29, 0.717) is 0 Å². The molecule has 1 fully saturated rings. The Kier molecular flexibility index (Phi) is 5.61. The number of ether oxygens (including phenoxy) is 1. The molecule has 0 spiro atoms. The highest BCUT2D eigenvalue weighted by Gasteiger charge is 2.14. The standard InChI is InChI=1S/C16H28N2OS/c1-13-14(12-18-6-5-8-19-9-7-18)10-15(20-13)11-17-16(2,3)4/h10,17H,5-9,11-12H2,1-4H3. The van der Waals surface area contributed by atoms with Gasteiger partial charge in [0.1, 0.15) is 0 Å². The molecule has 1 saturated heterocycles. The molecular weight excluding hydrogens is 268 g/mol. The molecule has 0 aromatic carbocycles. The molecule has 1 aromatic rings. The summed E-state index contributed by atoms with van der Waals surface area (Å²) < 4.78 is 5.52. The minimum Gasteiger partial charge on any atom is -0.380 e. The van der Waals surface area contributed by atoms with Crippen LogP contribution in [0.25, 0.3) is 0 Å². The molecule has 0 unspecified atom stereocenters. The van der Waals surface area contributed by atoms with E-state index in [2.05, 4.69) is 44.0 Å². The maximum Gasteiger partial charge on any atom is 0.0593 e. The Balaban J connectivity index is 1.92. The van der Waals surface area contributed by atoms with Gasteiger partial charge in [-0.2, -0.15) is 0 Å². The summed E-state index contributed by atoms with van der Waals surface area (Å²) in [6.45, 7) is 14.9. The number of rotatable bonds is 4. The number of nitrogens with zero attached hydrogens (tertiary/aromatic N) is 1. The predicted molar refractivity (Wildman–Crippen MR) is 86.4 cm³/mol. The van der Waals surface area contributed by atoms with E-state index in [0.717, 1.165) is 45.8 Å². The zero-order valence-corrected chi connectivity index (χ0v) is 14.1. The molecule has 1 aliphatic rings. The monoisotopic (exact) mass is 296 g/mol. The van der Waals surface area contributed by atoms with Crippen LogP contribution in [0.15, 0.2) is 6.07 Å². The van der Waals surface area contributed by atoms with Crippen LogP contribution in [0.2, 0.25) is 0 Å². The molecule has 3 nitrogen and oxygen atoms in total. The Morgan fingerprint density at radius 3 is 2.85 bits per heavy atom. The lowest BCUT2D eigenvalue weighted by molar-refractivity contribution is 0.140. The Hall–Kier alpha value is -0.420. The number of thiophene rings is 1. The fourth-order valence-electron chi connectivity index (χ4n) is 2.38. The highest BCUT2D eigenvalue weighted by molar-refractivity contribution is 7.12. The first-order valence-electron chi connectivity index (χ1n) is 7.57. The van der Waals surface area contributed by atoms with Crippen LogP contribution in [0.5, 0.6) is 0 Å². The SMILES string of the molecule is Cc1sc(CNC(C)(C)C)cc1CN1CCCOCC1. The largest absolute Gasteiger partial charge is 0.380 e. The lowest BCUT2D eigenvalue weighted by atomic mass is 10.1. The zero-order valence-electron chi connectivity index (χ0n) is 13.3. The second kappa shape index (κ2) is 7.03. The summed E-state index contributed by atoms with van der Waals surface area (Å²) in [5.74, 6) is 0. The fraction of sp³-hybridized carbons (Fsp3) is 0.750. The third-order valence-electron chi connectivity index (χ3n) is 3.57. The van der Waals surface area contributed by atoms with Gasteiger partial charge in [-0.3, -0.25) is 4.90 Å². The Bertz CT molecular complexity index is 415. The van der Waals surface area contributed by atoms with Crippen molar-refractivity contribution in [2.75, 3.05) is 26.3 Å². The number of aryl methyl sites for hydroxylation is 1. The van der Waals surface area contributed by atoms with Gasteiger partial charge in [-0.1, -0.05) is 0 Å². The van der Waals surface area contributed by atoms with E-state index in [1.54, 1.807) is 0 Å². The van der Waals surface area contributed by atoms with Crippen molar-refractivity contribution in [3.63, 3.8) is 0 Å². The lowest BCUT2D eigenvalue weighted by Crippen LogP contribution is -2.34. The highest BCUT2D eigenvalue weighted by Crippen LogP contribution is 2.23. The van der Waals surface area contributed by atoms with E-state index in [1.165, 1.54) is 15.3 Å². The zero-order chi connectivity index (χ0) is 14.6. The van der Waals surface area contributed by atoms with Crippen molar-refractivity contribution in [1.29, 1.82) is 0 Å². The molecule has 0 aliphatic carbocycles. The van der Waals surface area contributed by atoms with Crippen molar-refractivity contribution in [1.82, 2.24) is 10.2 Å². The molecule has 4 heteroatoms. The van der Waals surface area contributed by atoms with Crippen molar-refractivity contribution in [3.05, 3.63) is 21.4 Å². The average molecular weight is 296 g/mol. The predicted octanol–water partition coefficient (Wildman–Crippen LogP) is 3.17. The number of hydrogen-bond donors (Lipinski definition) is 1. The summed E-state index contributed by atoms with van der Waals surface area (Å²) in [5, 5.41) is 3.57. The summed E-state index contributed by atoms with van der Waals surface area (Å²) in [4.78, 5) is 5.42. The normalized spacial score (nSPS) is 18.2. The van der Waals surface area contributed by atoms with Crippen LogP contribution in [-0.4, -0.2) is 36.7 Å². The molecule has 0 saturated carbocycles. The second-order valence-corrected chi connectivity index (χ2v) is 7.98.